The van der Waals surface area contributed by atoms with Crippen LogP contribution in [0.15, 0.2) is 18.2 Å². The Hall–Kier alpha value is -1.59. The summed E-state index contributed by atoms with van der Waals surface area (Å²) < 4.78 is 5.66. The van der Waals surface area contributed by atoms with Crippen molar-refractivity contribution < 1.29 is 19.7 Å². The van der Waals surface area contributed by atoms with Crippen molar-refractivity contribution in [1.82, 2.24) is 0 Å². The van der Waals surface area contributed by atoms with Gasteiger partial charge in [-0.3, -0.25) is 0 Å². The number of rotatable bonds is 4. The Labute approximate surface area is 112 Å². The van der Waals surface area contributed by atoms with Crippen molar-refractivity contribution in [3.05, 3.63) is 29.3 Å². The molecule has 1 saturated carbocycles. The molecule has 0 amide bonds. The van der Waals surface area contributed by atoms with E-state index in [0.717, 1.165) is 25.7 Å². The molecule has 104 valence electrons. The average Bonchev–Trinajstić information content (AvgIpc) is 2.37. The molecule has 4 N–H and O–H groups in total. The molecular weight excluding hydrogens is 246 g/mol. The monoisotopic (exact) mass is 265 g/mol. The number of anilines is 1. The summed E-state index contributed by atoms with van der Waals surface area (Å²) in [7, 11) is 0. The molecule has 0 aromatic heterocycles. The van der Waals surface area contributed by atoms with Gasteiger partial charge in [0.15, 0.2) is 0 Å². The van der Waals surface area contributed by atoms with E-state index < -0.39 is 12.1 Å². The maximum absolute atomic E-state index is 11.1. The first-order chi connectivity index (χ1) is 9.08. The van der Waals surface area contributed by atoms with Crippen molar-refractivity contribution >= 4 is 11.7 Å². The number of aromatic carboxylic acids is 1. The van der Waals surface area contributed by atoms with Crippen LogP contribution in [0.4, 0.5) is 5.69 Å². The van der Waals surface area contributed by atoms with Crippen molar-refractivity contribution in [2.24, 2.45) is 0 Å². The number of ether oxygens (including phenoxy) is 1. The zero-order valence-electron chi connectivity index (χ0n) is 10.7. The number of aliphatic hydroxyl groups is 1. The van der Waals surface area contributed by atoms with E-state index in [4.69, 9.17) is 15.6 Å². The predicted molar refractivity (Wildman–Crippen MR) is 70.9 cm³/mol. The van der Waals surface area contributed by atoms with Gasteiger partial charge in [0.2, 0.25) is 0 Å². The second-order valence-electron chi connectivity index (χ2n) is 4.92. The van der Waals surface area contributed by atoms with Gasteiger partial charge < -0.3 is 20.7 Å². The Kier molecular flexibility index (Phi) is 4.39. The number of carboxylic acid groups (broad SMARTS) is 1. The SMILES string of the molecule is Nc1ccc(C(=O)O)c(COC2CCCCC2O)c1. The summed E-state index contributed by atoms with van der Waals surface area (Å²) in [5.41, 5.74) is 6.91. The zero-order valence-corrected chi connectivity index (χ0v) is 10.7. The highest BCUT2D eigenvalue weighted by atomic mass is 16.5. The maximum Gasteiger partial charge on any atom is 0.336 e. The molecular formula is C14H19NO4. The number of nitrogens with two attached hydrogens (primary N) is 1. The second kappa shape index (κ2) is 6.04. The van der Waals surface area contributed by atoms with Crippen molar-refractivity contribution in [1.29, 1.82) is 0 Å². The molecule has 0 spiro atoms. The van der Waals surface area contributed by atoms with Crippen LogP contribution >= 0.6 is 0 Å². The normalized spacial score (nSPS) is 23.2. The van der Waals surface area contributed by atoms with Gasteiger partial charge in [-0.2, -0.15) is 0 Å². The first-order valence-electron chi connectivity index (χ1n) is 6.49. The van der Waals surface area contributed by atoms with Crippen LogP contribution in [0, 0.1) is 0 Å². The third-order valence-corrected chi connectivity index (χ3v) is 3.48. The summed E-state index contributed by atoms with van der Waals surface area (Å²) in [6.07, 6.45) is 2.93. The first-order valence-corrected chi connectivity index (χ1v) is 6.49. The Morgan fingerprint density at radius 3 is 2.79 bits per heavy atom. The largest absolute Gasteiger partial charge is 0.478 e. The topological polar surface area (TPSA) is 92.8 Å². The number of hydrogen-bond donors (Lipinski definition) is 3. The van der Waals surface area contributed by atoms with E-state index in [-0.39, 0.29) is 18.3 Å². The number of aliphatic hydroxyl groups excluding tert-OH is 1. The van der Waals surface area contributed by atoms with Gasteiger partial charge in [0, 0.05) is 5.69 Å². The van der Waals surface area contributed by atoms with Crippen molar-refractivity contribution in [2.75, 3.05) is 5.73 Å². The van der Waals surface area contributed by atoms with Gasteiger partial charge in [0.25, 0.3) is 0 Å². The molecule has 2 unspecified atom stereocenters. The molecule has 1 aromatic carbocycles. The van der Waals surface area contributed by atoms with Crippen molar-refractivity contribution in [3.8, 4) is 0 Å². The number of carboxylic acids is 1. The Bertz CT molecular complexity index is 461. The van der Waals surface area contributed by atoms with Crippen LogP contribution in [-0.2, 0) is 11.3 Å². The van der Waals surface area contributed by atoms with Gasteiger partial charge in [-0.05, 0) is 36.6 Å². The highest BCUT2D eigenvalue weighted by Crippen LogP contribution is 2.23. The molecule has 1 aliphatic carbocycles. The van der Waals surface area contributed by atoms with Gasteiger partial charge in [-0.15, -0.1) is 0 Å². The minimum Gasteiger partial charge on any atom is -0.478 e. The molecule has 0 aliphatic heterocycles. The van der Waals surface area contributed by atoms with E-state index >= 15 is 0 Å². The van der Waals surface area contributed by atoms with Crippen LogP contribution in [0.1, 0.15) is 41.6 Å². The van der Waals surface area contributed by atoms with E-state index in [1.165, 1.54) is 6.07 Å². The number of nitrogen functional groups attached to an aromatic ring is 1. The summed E-state index contributed by atoms with van der Waals surface area (Å²) in [6, 6.07) is 4.65. The van der Waals surface area contributed by atoms with Gasteiger partial charge in [-0.1, -0.05) is 12.8 Å². The summed E-state index contributed by atoms with van der Waals surface area (Å²) in [5, 5.41) is 18.9. The number of carbonyl (C=O) groups is 1. The standard InChI is InChI=1S/C14H19NO4/c15-10-5-6-11(14(17)18)9(7-10)8-19-13-4-2-1-3-12(13)16/h5-7,12-13,16H,1-4,8,15H2,(H,17,18). The van der Waals surface area contributed by atoms with Crippen molar-refractivity contribution in [2.45, 2.75) is 44.5 Å². The van der Waals surface area contributed by atoms with Crippen LogP contribution in [-0.4, -0.2) is 28.4 Å². The van der Waals surface area contributed by atoms with E-state index in [9.17, 15) is 9.90 Å². The quantitative estimate of drug-likeness (QED) is 0.722. The van der Waals surface area contributed by atoms with Gasteiger partial charge >= 0.3 is 5.97 Å². The fraction of sp³-hybridized carbons (Fsp3) is 0.500. The van der Waals surface area contributed by atoms with Crippen LogP contribution in [0.25, 0.3) is 0 Å². The van der Waals surface area contributed by atoms with Crippen LogP contribution in [0.2, 0.25) is 0 Å². The molecule has 0 bridgehead atoms. The van der Waals surface area contributed by atoms with E-state index in [0.29, 0.717) is 11.3 Å². The van der Waals surface area contributed by atoms with E-state index in [1.54, 1.807) is 12.1 Å². The predicted octanol–water partition coefficient (Wildman–Crippen LogP) is 1.79. The Morgan fingerprint density at radius 2 is 2.11 bits per heavy atom. The smallest absolute Gasteiger partial charge is 0.336 e. The molecule has 2 atom stereocenters. The summed E-state index contributed by atoms with van der Waals surface area (Å²) >= 11 is 0. The van der Waals surface area contributed by atoms with Gasteiger partial charge in [0.1, 0.15) is 0 Å². The maximum atomic E-state index is 11.1. The summed E-state index contributed by atoms with van der Waals surface area (Å²) in [6.45, 7) is 0.161. The van der Waals surface area contributed by atoms with E-state index in [2.05, 4.69) is 0 Å². The fourth-order valence-electron chi connectivity index (χ4n) is 2.41. The zero-order chi connectivity index (χ0) is 13.8. The summed E-state index contributed by atoms with van der Waals surface area (Å²) in [4.78, 5) is 11.1. The highest BCUT2D eigenvalue weighted by Gasteiger charge is 2.24. The van der Waals surface area contributed by atoms with Crippen LogP contribution in [0.3, 0.4) is 0 Å². The second-order valence-corrected chi connectivity index (χ2v) is 4.92. The average molecular weight is 265 g/mol. The highest BCUT2D eigenvalue weighted by molar-refractivity contribution is 5.89. The van der Waals surface area contributed by atoms with Crippen molar-refractivity contribution in [3.63, 3.8) is 0 Å². The molecule has 0 saturated heterocycles. The van der Waals surface area contributed by atoms with E-state index in [1.807, 2.05) is 0 Å². The third kappa shape index (κ3) is 3.45. The third-order valence-electron chi connectivity index (χ3n) is 3.48. The molecule has 19 heavy (non-hydrogen) atoms. The van der Waals surface area contributed by atoms with Crippen LogP contribution in [0.5, 0.6) is 0 Å². The molecule has 0 radical (unpaired) electrons. The molecule has 1 fully saturated rings. The molecule has 5 nitrogen and oxygen atoms in total. The molecule has 0 heterocycles. The number of benzene rings is 1. The molecule has 2 rings (SSSR count). The minimum absolute atomic E-state index is 0.161. The molecule has 1 aromatic rings. The fourth-order valence-corrected chi connectivity index (χ4v) is 2.41. The minimum atomic E-state index is -0.997. The Balaban J connectivity index is 2.05. The molecule has 5 heteroatoms. The lowest BCUT2D eigenvalue weighted by Gasteiger charge is -2.27. The summed E-state index contributed by atoms with van der Waals surface area (Å²) in [5.74, 6) is -0.997. The Morgan fingerprint density at radius 1 is 1.37 bits per heavy atom. The van der Waals surface area contributed by atoms with Crippen LogP contribution < -0.4 is 5.73 Å². The lowest BCUT2D eigenvalue weighted by atomic mass is 9.95. The molecule has 1 aliphatic rings. The van der Waals surface area contributed by atoms with Gasteiger partial charge in [0.05, 0.1) is 24.4 Å². The lowest BCUT2D eigenvalue weighted by Crippen LogP contribution is -2.32. The number of hydrogen-bond acceptors (Lipinski definition) is 4. The van der Waals surface area contributed by atoms with Gasteiger partial charge in [-0.25, -0.2) is 4.79 Å². The first kappa shape index (κ1) is 13.8. The lowest BCUT2D eigenvalue weighted by molar-refractivity contribution is -0.0662.